The van der Waals surface area contributed by atoms with Crippen LogP contribution in [0.5, 0.6) is 5.88 Å². The molecule has 0 fully saturated rings. The van der Waals surface area contributed by atoms with Crippen LogP contribution in [0.3, 0.4) is 0 Å². The molecule has 0 spiro atoms. The number of nitrogens with one attached hydrogen (secondary N) is 2. The summed E-state index contributed by atoms with van der Waals surface area (Å²) in [7, 11) is 0. The molecule has 0 aliphatic rings. The van der Waals surface area contributed by atoms with E-state index in [2.05, 4.69) is 20.6 Å². The second-order valence-corrected chi connectivity index (χ2v) is 4.24. The highest BCUT2D eigenvalue weighted by Crippen LogP contribution is 2.25. The predicted octanol–water partition coefficient (Wildman–Crippen LogP) is 0.784. The molecule has 1 aromatic rings. The van der Waals surface area contributed by atoms with E-state index in [1.165, 1.54) is 6.33 Å². The van der Waals surface area contributed by atoms with E-state index in [0.717, 1.165) is 0 Å². The Labute approximate surface area is 113 Å². The van der Waals surface area contributed by atoms with Gasteiger partial charge in [-0.3, -0.25) is 4.79 Å². The van der Waals surface area contributed by atoms with E-state index in [0.29, 0.717) is 36.9 Å². The first-order valence-electron chi connectivity index (χ1n) is 6.32. The Balaban J connectivity index is 2.56. The van der Waals surface area contributed by atoms with Crippen molar-refractivity contribution in [1.29, 1.82) is 0 Å². The van der Waals surface area contributed by atoms with Crippen LogP contribution in [0.25, 0.3) is 0 Å². The highest BCUT2D eigenvalue weighted by atomic mass is 16.5. The Hall–Kier alpha value is -2.05. The standard InChI is InChI=1S/C12H21N5O2/c1-4-14-9(18)5-6-15-11-10(13)12(17-7-16-11)19-8(2)3/h7-8H,4-6,13H2,1-3H3,(H,14,18)(H,15,16,17). The summed E-state index contributed by atoms with van der Waals surface area (Å²) in [5, 5.41) is 5.72. The van der Waals surface area contributed by atoms with Gasteiger partial charge in [-0.05, 0) is 20.8 Å². The lowest BCUT2D eigenvalue weighted by atomic mass is 10.3. The second-order valence-electron chi connectivity index (χ2n) is 4.24. The van der Waals surface area contributed by atoms with Crippen LogP contribution in [0, 0.1) is 0 Å². The van der Waals surface area contributed by atoms with Crippen LogP contribution < -0.4 is 21.1 Å². The first kappa shape index (κ1) is 15.0. The molecule has 0 aromatic carbocycles. The lowest BCUT2D eigenvalue weighted by Gasteiger charge is -2.13. The minimum atomic E-state index is -0.0135. The molecule has 0 aliphatic heterocycles. The normalized spacial score (nSPS) is 10.3. The van der Waals surface area contributed by atoms with Crippen molar-refractivity contribution in [2.24, 2.45) is 0 Å². The van der Waals surface area contributed by atoms with E-state index < -0.39 is 0 Å². The molecule has 0 unspecified atom stereocenters. The molecule has 106 valence electrons. The monoisotopic (exact) mass is 267 g/mol. The Morgan fingerprint density at radius 2 is 2.21 bits per heavy atom. The largest absolute Gasteiger partial charge is 0.473 e. The first-order chi connectivity index (χ1) is 9.04. The van der Waals surface area contributed by atoms with Gasteiger partial charge in [-0.25, -0.2) is 4.98 Å². The molecule has 7 heteroatoms. The molecule has 0 saturated carbocycles. The maximum atomic E-state index is 11.3. The number of amides is 1. The number of hydrogen-bond acceptors (Lipinski definition) is 6. The van der Waals surface area contributed by atoms with Gasteiger partial charge in [-0.1, -0.05) is 0 Å². The van der Waals surface area contributed by atoms with Crippen molar-refractivity contribution in [2.75, 3.05) is 24.1 Å². The molecule has 1 aromatic heterocycles. The van der Waals surface area contributed by atoms with Crippen molar-refractivity contribution in [3.8, 4) is 5.88 Å². The number of nitrogens with two attached hydrogens (primary N) is 1. The van der Waals surface area contributed by atoms with Gasteiger partial charge in [0.05, 0.1) is 6.10 Å². The molecular formula is C12H21N5O2. The van der Waals surface area contributed by atoms with Gasteiger partial charge in [0, 0.05) is 19.5 Å². The average Bonchev–Trinajstić information content (AvgIpc) is 2.33. The fourth-order valence-electron chi connectivity index (χ4n) is 1.42. The van der Waals surface area contributed by atoms with E-state index in [1.54, 1.807) is 0 Å². The molecule has 1 heterocycles. The average molecular weight is 267 g/mol. The fraction of sp³-hybridized carbons (Fsp3) is 0.583. The number of ether oxygens (including phenoxy) is 1. The van der Waals surface area contributed by atoms with Crippen LogP contribution in [-0.4, -0.2) is 35.1 Å². The molecule has 1 rings (SSSR count). The van der Waals surface area contributed by atoms with E-state index in [9.17, 15) is 4.79 Å². The van der Waals surface area contributed by atoms with Crippen molar-refractivity contribution >= 4 is 17.4 Å². The summed E-state index contributed by atoms with van der Waals surface area (Å²) >= 11 is 0. The van der Waals surface area contributed by atoms with Crippen molar-refractivity contribution in [3.63, 3.8) is 0 Å². The highest BCUT2D eigenvalue weighted by molar-refractivity contribution is 5.76. The molecule has 19 heavy (non-hydrogen) atoms. The molecule has 0 radical (unpaired) electrons. The smallest absolute Gasteiger partial charge is 0.242 e. The van der Waals surface area contributed by atoms with Gasteiger partial charge in [-0.15, -0.1) is 0 Å². The van der Waals surface area contributed by atoms with E-state index >= 15 is 0 Å². The second kappa shape index (κ2) is 7.40. The molecule has 1 amide bonds. The summed E-state index contributed by atoms with van der Waals surface area (Å²) in [6, 6.07) is 0. The molecule has 4 N–H and O–H groups in total. The zero-order valence-corrected chi connectivity index (χ0v) is 11.6. The van der Waals surface area contributed by atoms with Crippen LogP contribution >= 0.6 is 0 Å². The summed E-state index contributed by atoms with van der Waals surface area (Å²) in [5.74, 6) is 0.821. The van der Waals surface area contributed by atoms with Gasteiger partial charge in [0.25, 0.3) is 0 Å². The number of rotatable bonds is 7. The Bertz CT molecular complexity index is 423. The summed E-state index contributed by atoms with van der Waals surface area (Å²) in [6.07, 6.45) is 1.72. The maximum absolute atomic E-state index is 11.3. The van der Waals surface area contributed by atoms with Crippen molar-refractivity contribution in [1.82, 2.24) is 15.3 Å². The Morgan fingerprint density at radius 3 is 2.84 bits per heavy atom. The van der Waals surface area contributed by atoms with Gasteiger partial charge >= 0.3 is 0 Å². The van der Waals surface area contributed by atoms with E-state index in [-0.39, 0.29) is 12.0 Å². The molecule has 0 saturated heterocycles. The van der Waals surface area contributed by atoms with Crippen molar-refractivity contribution in [2.45, 2.75) is 33.3 Å². The number of anilines is 2. The third-order valence-electron chi connectivity index (χ3n) is 2.21. The van der Waals surface area contributed by atoms with Crippen LogP contribution in [0.4, 0.5) is 11.5 Å². The van der Waals surface area contributed by atoms with Gasteiger partial charge in [0.15, 0.2) is 5.82 Å². The molecule has 7 nitrogen and oxygen atoms in total. The quantitative estimate of drug-likeness (QED) is 0.675. The van der Waals surface area contributed by atoms with Gasteiger partial charge < -0.3 is 21.1 Å². The summed E-state index contributed by atoms with van der Waals surface area (Å²) in [4.78, 5) is 19.3. The van der Waals surface area contributed by atoms with Crippen LogP contribution in [-0.2, 0) is 4.79 Å². The number of carbonyl (C=O) groups is 1. The van der Waals surface area contributed by atoms with E-state index in [1.807, 2.05) is 20.8 Å². The fourth-order valence-corrected chi connectivity index (χ4v) is 1.42. The van der Waals surface area contributed by atoms with Crippen LogP contribution in [0.15, 0.2) is 6.33 Å². The maximum Gasteiger partial charge on any atom is 0.242 e. The third-order valence-corrected chi connectivity index (χ3v) is 2.21. The van der Waals surface area contributed by atoms with Gasteiger partial charge in [0.1, 0.15) is 12.0 Å². The van der Waals surface area contributed by atoms with Gasteiger partial charge in [0.2, 0.25) is 11.8 Å². The predicted molar refractivity (Wildman–Crippen MR) is 74.0 cm³/mol. The number of nitrogen functional groups attached to an aromatic ring is 1. The van der Waals surface area contributed by atoms with E-state index in [4.69, 9.17) is 10.5 Å². The molecule has 0 atom stereocenters. The zero-order chi connectivity index (χ0) is 14.3. The number of aromatic nitrogens is 2. The van der Waals surface area contributed by atoms with Gasteiger partial charge in [-0.2, -0.15) is 4.98 Å². The number of carbonyl (C=O) groups excluding carboxylic acids is 1. The first-order valence-corrected chi connectivity index (χ1v) is 6.32. The summed E-state index contributed by atoms with van der Waals surface area (Å²) in [6.45, 7) is 6.74. The molecule has 0 bridgehead atoms. The lowest BCUT2D eigenvalue weighted by Crippen LogP contribution is -2.25. The van der Waals surface area contributed by atoms with Crippen molar-refractivity contribution < 1.29 is 9.53 Å². The van der Waals surface area contributed by atoms with Crippen LogP contribution in [0.1, 0.15) is 27.2 Å². The zero-order valence-electron chi connectivity index (χ0n) is 11.6. The lowest BCUT2D eigenvalue weighted by molar-refractivity contribution is -0.120. The van der Waals surface area contributed by atoms with Crippen LogP contribution in [0.2, 0.25) is 0 Å². The van der Waals surface area contributed by atoms with Crippen molar-refractivity contribution in [3.05, 3.63) is 6.33 Å². The third kappa shape index (κ3) is 4.99. The number of hydrogen-bond donors (Lipinski definition) is 3. The minimum absolute atomic E-state index is 0.0127. The minimum Gasteiger partial charge on any atom is -0.473 e. The molecule has 0 aliphatic carbocycles. The Kier molecular flexibility index (Phi) is 5.84. The Morgan fingerprint density at radius 1 is 1.47 bits per heavy atom. The SMILES string of the molecule is CCNC(=O)CCNc1ncnc(OC(C)C)c1N. The highest BCUT2D eigenvalue weighted by Gasteiger charge is 2.10. The number of nitrogens with zero attached hydrogens (tertiary/aromatic N) is 2. The molecular weight excluding hydrogens is 246 g/mol. The summed E-state index contributed by atoms with van der Waals surface area (Å²) in [5.41, 5.74) is 6.25. The topological polar surface area (TPSA) is 102 Å². The summed E-state index contributed by atoms with van der Waals surface area (Å²) < 4.78 is 5.46.